The fourth-order valence-corrected chi connectivity index (χ4v) is 1.54. The Bertz CT molecular complexity index is 407. The molecule has 1 aromatic heterocycles. The second kappa shape index (κ2) is 5.58. The minimum Gasteiger partial charge on any atom is -0.393 e. The van der Waals surface area contributed by atoms with Crippen LogP contribution in [0.25, 0.3) is 0 Å². The molecule has 6 heteroatoms. The van der Waals surface area contributed by atoms with Crippen molar-refractivity contribution < 1.29 is 10.0 Å². The number of anilines is 1. The summed E-state index contributed by atoms with van der Waals surface area (Å²) in [4.78, 5) is 16.1. The number of aromatic nitrogens is 1. The molecule has 1 atom stereocenters. The summed E-state index contributed by atoms with van der Waals surface area (Å²) in [7, 11) is 1.85. The average Bonchev–Trinajstić information content (AvgIpc) is 2.25. The van der Waals surface area contributed by atoms with E-state index in [1.807, 2.05) is 11.9 Å². The van der Waals surface area contributed by atoms with Crippen molar-refractivity contribution >= 4 is 11.5 Å². The number of hydrogen-bond acceptors (Lipinski definition) is 5. The SMILES string of the molecule is Cc1cc([N+](=O)[O-])cnc1N(C)CCC(C)O. The van der Waals surface area contributed by atoms with E-state index in [2.05, 4.69) is 4.98 Å². The molecule has 1 rings (SSSR count). The van der Waals surface area contributed by atoms with Crippen LogP contribution in [0.15, 0.2) is 12.3 Å². The van der Waals surface area contributed by atoms with Gasteiger partial charge in [-0.2, -0.15) is 0 Å². The molecule has 0 saturated carbocycles. The minimum atomic E-state index is -0.459. The number of aliphatic hydroxyl groups excluding tert-OH is 1. The Labute approximate surface area is 100 Å². The maximum absolute atomic E-state index is 10.6. The van der Waals surface area contributed by atoms with Gasteiger partial charge < -0.3 is 10.0 Å². The largest absolute Gasteiger partial charge is 0.393 e. The highest BCUT2D eigenvalue weighted by Crippen LogP contribution is 2.20. The number of aliphatic hydroxyl groups is 1. The van der Waals surface area contributed by atoms with Gasteiger partial charge in [-0.05, 0) is 25.8 Å². The predicted molar refractivity (Wildman–Crippen MR) is 65.2 cm³/mol. The maximum Gasteiger partial charge on any atom is 0.287 e. The lowest BCUT2D eigenvalue weighted by atomic mass is 10.2. The summed E-state index contributed by atoms with van der Waals surface area (Å²) < 4.78 is 0. The summed E-state index contributed by atoms with van der Waals surface area (Å²) in [6.07, 6.45) is 1.52. The molecule has 0 radical (unpaired) electrons. The van der Waals surface area contributed by atoms with Crippen molar-refractivity contribution in [2.45, 2.75) is 26.4 Å². The molecule has 0 saturated heterocycles. The van der Waals surface area contributed by atoms with E-state index < -0.39 is 4.92 Å². The molecule has 0 aromatic carbocycles. The van der Waals surface area contributed by atoms with Crippen molar-refractivity contribution in [2.24, 2.45) is 0 Å². The molecular weight excluding hydrogens is 222 g/mol. The standard InChI is InChI=1S/C11H17N3O3/c1-8-6-10(14(16)17)7-12-11(8)13(3)5-4-9(2)15/h6-7,9,15H,4-5H2,1-3H3. The van der Waals surface area contributed by atoms with Gasteiger partial charge in [-0.3, -0.25) is 10.1 Å². The molecule has 1 aromatic rings. The van der Waals surface area contributed by atoms with E-state index in [9.17, 15) is 15.2 Å². The maximum atomic E-state index is 10.6. The number of rotatable bonds is 5. The molecule has 94 valence electrons. The highest BCUT2D eigenvalue weighted by atomic mass is 16.6. The van der Waals surface area contributed by atoms with E-state index in [-0.39, 0.29) is 11.8 Å². The van der Waals surface area contributed by atoms with Crippen molar-refractivity contribution in [2.75, 3.05) is 18.5 Å². The van der Waals surface area contributed by atoms with E-state index in [1.54, 1.807) is 13.8 Å². The Balaban J connectivity index is 2.81. The van der Waals surface area contributed by atoms with Crippen LogP contribution in [0.1, 0.15) is 18.9 Å². The Kier molecular flexibility index (Phi) is 4.39. The van der Waals surface area contributed by atoms with E-state index in [4.69, 9.17) is 0 Å². The van der Waals surface area contributed by atoms with Crippen molar-refractivity contribution in [1.82, 2.24) is 4.98 Å². The van der Waals surface area contributed by atoms with E-state index in [0.29, 0.717) is 18.8 Å². The average molecular weight is 239 g/mol. The highest BCUT2D eigenvalue weighted by Gasteiger charge is 2.12. The van der Waals surface area contributed by atoms with Crippen molar-refractivity contribution in [1.29, 1.82) is 0 Å². The first-order valence-corrected chi connectivity index (χ1v) is 5.42. The van der Waals surface area contributed by atoms with Crippen LogP contribution in [0, 0.1) is 17.0 Å². The molecule has 0 aliphatic heterocycles. The summed E-state index contributed by atoms with van der Waals surface area (Å²) in [6, 6.07) is 1.50. The zero-order valence-corrected chi connectivity index (χ0v) is 10.3. The number of pyridine rings is 1. The fraction of sp³-hybridized carbons (Fsp3) is 0.545. The number of hydrogen-bond donors (Lipinski definition) is 1. The fourth-order valence-electron chi connectivity index (χ4n) is 1.54. The van der Waals surface area contributed by atoms with Gasteiger partial charge in [-0.25, -0.2) is 4.98 Å². The van der Waals surface area contributed by atoms with E-state index in [1.165, 1.54) is 12.3 Å². The molecule has 1 N–H and O–H groups in total. The third-order valence-corrected chi connectivity index (χ3v) is 2.49. The zero-order chi connectivity index (χ0) is 13.0. The van der Waals surface area contributed by atoms with Gasteiger partial charge in [-0.1, -0.05) is 0 Å². The van der Waals surface area contributed by atoms with Crippen LogP contribution < -0.4 is 4.90 Å². The number of nitrogens with zero attached hydrogens (tertiary/aromatic N) is 3. The van der Waals surface area contributed by atoms with Gasteiger partial charge in [0.25, 0.3) is 5.69 Å². The molecule has 0 amide bonds. The first kappa shape index (κ1) is 13.4. The normalized spacial score (nSPS) is 12.2. The van der Waals surface area contributed by atoms with Gasteiger partial charge in [0.2, 0.25) is 0 Å². The number of aryl methyl sites for hydroxylation is 1. The van der Waals surface area contributed by atoms with Crippen LogP contribution >= 0.6 is 0 Å². The first-order valence-electron chi connectivity index (χ1n) is 5.42. The van der Waals surface area contributed by atoms with Crippen LogP contribution in [-0.2, 0) is 0 Å². The van der Waals surface area contributed by atoms with Gasteiger partial charge in [-0.15, -0.1) is 0 Å². The zero-order valence-electron chi connectivity index (χ0n) is 10.3. The summed E-state index contributed by atoms with van der Waals surface area (Å²) in [5, 5.41) is 19.8. The quantitative estimate of drug-likeness (QED) is 0.622. The Morgan fingerprint density at radius 1 is 1.65 bits per heavy atom. The second-order valence-electron chi connectivity index (χ2n) is 4.15. The smallest absolute Gasteiger partial charge is 0.287 e. The molecule has 0 bridgehead atoms. The summed E-state index contributed by atoms with van der Waals surface area (Å²) in [6.45, 7) is 4.17. The molecular formula is C11H17N3O3. The lowest BCUT2D eigenvalue weighted by Gasteiger charge is -2.20. The van der Waals surface area contributed by atoms with Crippen LogP contribution in [0.2, 0.25) is 0 Å². The minimum absolute atomic E-state index is 0.00447. The molecule has 0 aliphatic rings. The molecule has 0 aliphatic carbocycles. The van der Waals surface area contributed by atoms with Crippen LogP contribution in [0.4, 0.5) is 11.5 Å². The van der Waals surface area contributed by atoms with Gasteiger partial charge in [0.15, 0.2) is 0 Å². The van der Waals surface area contributed by atoms with Crippen molar-refractivity contribution in [3.8, 4) is 0 Å². The molecule has 17 heavy (non-hydrogen) atoms. The van der Waals surface area contributed by atoms with E-state index in [0.717, 1.165) is 5.56 Å². The topological polar surface area (TPSA) is 79.5 Å². The molecule has 6 nitrogen and oxygen atoms in total. The van der Waals surface area contributed by atoms with Crippen LogP contribution in [0.5, 0.6) is 0 Å². The third kappa shape index (κ3) is 3.67. The summed E-state index contributed by atoms with van der Waals surface area (Å²) in [5.74, 6) is 0.705. The van der Waals surface area contributed by atoms with Crippen molar-refractivity contribution in [3.05, 3.63) is 27.9 Å². The van der Waals surface area contributed by atoms with Gasteiger partial charge in [0.05, 0.1) is 11.0 Å². The van der Waals surface area contributed by atoms with Crippen molar-refractivity contribution in [3.63, 3.8) is 0 Å². The molecule has 1 unspecified atom stereocenters. The lowest BCUT2D eigenvalue weighted by Crippen LogP contribution is -2.23. The predicted octanol–water partition coefficient (Wildman–Crippen LogP) is 1.51. The molecule has 1 heterocycles. The summed E-state index contributed by atoms with van der Waals surface area (Å²) in [5.41, 5.74) is 0.752. The van der Waals surface area contributed by atoms with Crippen LogP contribution in [-0.4, -0.2) is 34.7 Å². The molecule has 0 fully saturated rings. The summed E-state index contributed by atoms with van der Waals surface area (Å²) >= 11 is 0. The van der Waals surface area contributed by atoms with Crippen LogP contribution in [0.3, 0.4) is 0 Å². The van der Waals surface area contributed by atoms with E-state index >= 15 is 0 Å². The molecule has 0 spiro atoms. The third-order valence-electron chi connectivity index (χ3n) is 2.49. The Hall–Kier alpha value is -1.69. The number of nitro groups is 1. The monoisotopic (exact) mass is 239 g/mol. The second-order valence-corrected chi connectivity index (χ2v) is 4.15. The Morgan fingerprint density at radius 3 is 2.76 bits per heavy atom. The first-order chi connectivity index (χ1) is 7.91. The van der Waals surface area contributed by atoms with Gasteiger partial charge in [0.1, 0.15) is 12.0 Å². The lowest BCUT2D eigenvalue weighted by molar-refractivity contribution is -0.385. The Morgan fingerprint density at radius 2 is 2.29 bits per heavy atom. The highest BCUT2D eigenvalue weighted by molar-refractivity contribution is 5.49. The van der Waals surface area contributed by atoms with Gasteiger partial charge >= 0.3 is 0 Å². The van der Waals surface area contributed by atoms with Gasteiger partial charge in [0, 0.05) is 19.7 Å².